The zero-order valence-corrected chi connectivity index (χ0v) is 15.2. The van der Waals surface area contributed by atoms with Crippen LogP contribution in [0.2, 0.25) is 0 Å². The molecule has 0 radical (unpaired) electrons. The average molecular weight is 339 g/mol. The molecule has 1 saturated carbocycles. The van der Waals surface area contributed by atoms with E-state index in [0.29, 0.717) is 36.0 Å². The molecule has 1 amide bonds. The van der Waals surface area contributed by atoms with Crippen LogP contribution in [0, 0.1) is 19.8 Å². The molecular formula is C20H25N3O2. The van der Waals surface area contributed by atoms with E-state index in [-0.39, 0.29) is 0 Å². The lowest BCUT2D eigenvalue weighted by Crippen LogP contribution is -2.39. The van der Waals surface area contributed by atoms with Crippen molar-refractivity contribution in [2.45, 2.75) is 40.0 Å². The molecule has 0 saturated heterocycles. The van der Waals surface area contributed by atoms with Gasteiger partial charge in [0.2, 0.25) is 0 Å². The highest BCUT2D eigenvalue weighted by atomic mass is 16.2. The van der Waals surface area contributed by atoms with Crippen molar-refractivity contribution in [3.05, 3.63) is 47.3 Å². The number of para-hydroxylation sites is 1. The standard InChI is InChI=1S/C20H25N3O2/c1-4-12-22(13-16-10-11-16)20(25)19(24)18-14(2)21-23(15(18)3)17-8-6-5-7-9-17/h5-9,16H,4,10-13H2,1-3H3. The summed E-state index contributed by atoms with van der Waals surface area (Å²) in [6, 6.07) is 9.66. The minimum Gasteiger partial charge on any atom is -0.336 e. The number of hydrogen-bond donors (Lipinski definition) is 0. The molecular weight excluding hydrogens is 314 g/mol. The first kappa shape index (κ1) is 17.4. The van der Waals surface area contributed by atoms with Gasteiger partial charge in [-0.05, 0) is 51.2 Å². The molecule has 1 aromatic heterocycles. The quantitative estimate of drug-likeness (QED) is 0.574. The van der Waals surface area contributed by atoms with Gasteiger partial charge in [-0.1, -0.05) is 25.1 Å². The first-order valence-electron chi connectivity index (χ1n) is 8.98. The molecule has 0 atom stereocenters. The van der Waals surface area contributed by atoms with Crippen molar-refractivity contribution >= 4 is 11.7 Å². The van der Waals surface area contributed by atoms with Gasteiger partial charge in [-0.2, -0.15) is 5.10 Å². The Balaban J connectivity index is 1.88. The SMILES string of the molecule is CCCN(CC1CC1)C(=O)C(=O)c1c(C)nn(-c2ccccc2)c1C. The van der Waals surface area contributed by atoms with Crippen LogP contribution in [0.15, 0.2) is 30.3 Å². The molecule has 1 fully saturated rings. The Morgan fingerprint density at radius 2 is 1.88 bits per heavy atom. The third-order valence-electron chi connectivity index (χ3n) is 4.67. The highest BCUT2D eigenvalue weighted by Gasteiger charge is 2.32. The molecule has 0 aliphatic heterocycles. The van der Waals surface area contributed by atoms with E-state index < -0.39 is 11.7 Å². The zero-order valence-electron chi connectivity index (χ0n) is 15.2. The van der Waals surface area contributed by atoms with Crippen molar-refractivity contribution in [2.75, 3.05) is 13.1 Å². The number of amides is 1. The Morgan fingerprint density at radius 3 is 2.48 bits per heavy atom. The monoisotopic (exact) mass is 339 g/mol. The van der Waals surface area contributed by atoms with Crippen LogP contribution < -0.4 is 0 Å². The lowest BCUT2D eigenvalue weighted by molar-refractivity contribution is -0.126. The van der Waals surface area contributed by atoms with Crippen LogP contribution in [-0.4, -0.2) is 39.5 Å². The van der Waals surface area contributed by atoms with Crippen LogP contribution in [0.25, 0.3) is 5.69 Å². The lowest BCUT2D eigenvalue weighted by atomic mass is 10.1. The summed E-state index contributed by atoms with van der Waals surface area (Å²) in [5.74, 6) is -0.267. The van der Waals surface area contributed by atoms with E-state index in [2.05, 4.69) is 5.10 Å². The molecule has 3 rings (SSSR count). The van der Waals surface area contributed by atoms with Gasteiger partial charge in [0.25, 0.3) is 11.7 Å². The summed E-state index contributed by atoms with van der Waals surface area (Å²) >= 11 is 0. The predicted molar refractivity (Wildman–Crippen MR) is 97.0 cm³/mol. The zero-order chi connectivity index (χ0) is 18.0. The molecule has 0 unspecified atom stereocenters. The third-order valence-corrected chi connectivity index (χ3v) is 4.67. The fraction of sp³-hybridized carbons (Fsp3) is 0.450. The summed E-state index contributed by atoms with van der Waals surface area (Å²) in [7, 11) is 0. The van der Waals surface area contributed by atoms with Crippen LogP contribution in [0.3, 0.4) is 0 Å². The highest BCUT2D eigenvalue weighted by Crippen LogP contribution is 2.30. The lowest BCUT2D eigenvalue weighted by Gasteiger charge is -2.21. The minimum atomic E-state index is -0.439. The van der Waals surface area contributed by atoms with Gasteiger partial charge in [-0.25, -0.2) is 4.68 Å². The summed E-state index contributed by atoms with van der Waals surface area (Å²) in [6.45, 7) is 6.99. The summed E-state index contributed by atoms with van der Waals surface area (Å²) in [6.07, 6.45) is 3.17. The van der Waals surface area contributed by atoms with Crippen LogP contribution in [0.4, 0.5) is 0 Å². The Morgan fingerprint density at radius 1 is 1.20 bits per heavy atom. The molecule has 1 aliphatic carbocycles. The molecule has 2 aromatic rings. The number of nitrogens with zero attached hydrogens (tertiary/aromatic N) is 3. The van der Waals surface area contributed by atoms with Gasteiger partial charge in [0.05, 0.1) is 22.6 Å². The highest BCUT2D eigenvalue weighted by molar-refractivity contribution is 6.43. The second-order valence-corrected chi connectivity index (χ2v) is 6.82. The summed E-state index contributed by atoms with van der Waals surface area (Å²) in [4.78, 5) is 27.4. The van der Waals surface area contributed by atoms with Crippen molar-refractivity contribution in [2.24, 2.45) is 5.92 Å². The molecule has 0 spiro atoms. The molecule has 25 heavy (non-hydrogen) atoms. The van der Waals surface area contributed by atoms with Gasteiger partial charge in [0, 0.05) is 13.1 Å². The van der Waals surface area contributed by atoms with Gasteiger partial charge in [-0.3, -0.25) is 9.59 Å². The van der Waals surface area contributed by atoms with Gasteiger partial charge in [0.15, 0.2) is 0 Å². The Labute approximate surface area is 148 Å². The van der Waals surface area contributed by atoms with E-state index >= 15 is 0 Å². The minimum absolute atomic E-state index is 0.396. The number of benzene rings is 1. The predicted octanol–water partition coefficient (Wildman–Crippen LogP) is 3.32. The van der Waals surface area contributed by atoms with E-state index in [1.165, 1.54) is 0 Å². The number of aryl methyl sites for hydroxylation is 1. The fourth-order valence-electron chi connectivity index (χ4n) is 3.20. The van der Waals surface area contributed by atoms with Gasteiger partial charge >= 0.3 is 0 Å². The first-order valence-corrected chi connectivity index (χ1v) is 8.98. The molecule has 5 nitrogen and oxygen atoms in total. The van der Waals surface area contributed by atoms with Crippen molar-refractivity contribution in [3.8, 4) is 5.69 Å². The van der Waals surface area contributed by atoms with E-state index in [1.807, 2.05) is 44.2 Å². The van der Waals surface area contributed by atoms with E-state index in [1.54, 1.807) is 16.5 Å². The first-order chi connectivity index (χ1) is 12.0. The third kappa shape index (κ3) is 3.65. The maximum atomic E-state index is 12.9. The topological polar surface area (TPSA) is 55.2 Å². The van der Waals surface area contributed by atoms with Crippen LogP contribution in [0.1, 0.15) is 47.9 Å². The summed E-state index contributed by atoms with van der Waals surface area (Å²) in [5.41, 5.74) is 2.64. The summed E-state index contributed by atoms with van der Waals surface area (Å²) in [5, 5.41) is 4.49. The van der Waals surface area contributed by atoms with E-state index in [0.717, 1.165) is 24.9 Å². The van der Waals surface area contributed by atoms with Crippen molar-refractivity contribution in [3.63, 3.8) is 0 Å². The smallest absolute Gasteiger partial charge is 0.295 e. The molecule has 0 N–H and O–H groups in total. The van der Waals surface area contributed by atoms with Crippen LogP contribution in [-0.2, 0) is 4.79 Å². The van der Waals surface area contributed by atoms with E-state index in [4.69, 9.17) is 0 Å². The maximum Gasteiger partial charge on any atom is 0.295 e. The molecule has 1 aliphatic rings. The van der Waals surface area contributed by atoms with E-state index in [9.17, 15) is 9.59 Å². The second-order valence-electron chi connectivity index (χ2n) is 6.82. The molecule has 5 heteroatoms. The van der Waals surface area contributed by atoms with Gasteiger partial charge in [0.1, 0.15) is 0 Å². The Bertz CT molecular complexity index is 776. The van der Waals surface area contributed by atoms with Crippen LogP contribution >= 0.6 is 0 Å². The largest absolute Gasteiger partial charge is 0.336 e. The molecule has 0 bridgehead atoms. The number of Topliss-reactive ketones (excluding diaryl/α,β-unsaturated/α-hetero) is 1. The number of ketones is 1. The summed E-state index contributed by atoms with van der Waals surface area (Å²) < 4.78 is 1.74. The number of aromatic nitrogens is 2. The van der Waals surface area contributed by atoms with Crippen molar-refractivity contribution < 1.29 is 9.59 Å². The normalized spacial score (nSPS) is 13.7. The Kier molecular flexibility index (Phi) is 5.02. The fourth-order valence-corrected chi connectivity index (χ4v) is 3.20. The number of carbonyl (C=O) groups is 2. The van der Waals surface area contributed by atoms with Crippen molar-refractivity contribution in [1.82, 2.24) is 14.7 Å². The van der Waals surface area contributed by atoms with Crippen molar-refractivity contribution in [1.29, 1.82) is 0 Å². The number of rotatable bonds is 7. The number of hydrogen-bond acceptors (Lipinski definition) is 3. The molecule has 132 valence electrons. The molecule has 1 aromatic carbocycles. The molecule has 1 heterocycles. The van der Waals surface area contributed by atoms with Crippen LogP contribution in [0.5, 0.6) is 0 Å². The average Bonchev–Trinajstić information content (AvgIpc) is 3.38. The number of carbonyl (C=O) groups excluding carboxylic acids is 2. The second kappa shape index (κ2) is 7.21. The maximum absolute atomic E-state index is 12.9. The Hall–Kier alpha value is -2.43. The van der Waals surface area contributed by atoms with Gasteiger partial charge in [-0.15, -0.1) is 0 Å². The van der Waals surface area contributed by atoms with Gasteiger partial charge < -0.3 is 4.90 Å².